The molecule has 102 valence electrons. The Morgan fingerprint density at radius 2 is 1.89 bits per heavy atom. The summed E-state index contributed by atoms with van der Waals surface area (Å²) in [6.45, 7) is 6.35. The Morgan fingerprint density at radius 1 is 1.22 bits per heavy atom. The van der Waals surface area contributed by atoms with Crippen LogP contribution in [0.15, 0.2) is 24.3 Å². The molecule has 0 aliphatic heterocycles. The summed E-state index contributed by atoms with van der Waals surface area (Å²) < 4.78 is 28.3. The minimum Gasteiger partial charge on any atom is -0.493 e. The van der Waals surface area contributed by atoms with Crippen LogP contribution in [0, 0.1) is 0 Å². The van der Waals surface area contributed by atoms with Crippen molar-refractivity contribution in [3.8, 4) is 5.75 Å². The van der Waals surface area contributed by atoms with Gasteiger partial charge in [-0.1, -0.05) is 39.0 Å². The van der Waals surface area contributed by atoms with Gasteiger partial charge in [-0.15, -0.1) is 0 Å². The van der Waals surface area contributed by atoms with Crippen LogP contribution >= 0.6 is 0 Å². The summed E-state index contributed by atoms with van der Waals surface area (Å²) in [7, 11) is -2.88. The van der Waals surface area contributed by atoms with E-state index in [4.69, 9.17) is 4.74 Å². The van der Waals surface area contributed by atoms with Crippen LogP contribution in [-0.2, 0) is 9.84 Å². The summed E-state index contributed by atoms with van der Waals surface area (Å²) in [5.74, 6) is 1.67. The van der Waals surface area contributed by atoms with Crippen molar-refractivity contribution in [1.29, 1.82) is 0 Å². The molecule has 1 rings (SSSR count). The largest absolute Gasteiger partial charge is 0.493 e. The van der Waals surface area contributed by atoms with E-state index in [1.807, 2.05) is 24.3 Å². The highest BCUT2D eigenvalue weighted by molar-refractivity contribution is 7.91. The molecule has 0 saturated heterocycles. The normalized spacial score (nSPS) is 11.8. The summed E-state index contributed by atoms with van der Waals surface area (Å²) in [4.78, 5) is 0. The van der Waals surface area contributed by atoms with Crippen LogP contribution in [-0.4, -0.2) is 26.5 Å². The number of benzene rings is 1. The van der Waals surface area contributed by atoms with Crippen molar-refractivity contribution in [3.63, 3.8) is 0 Å². The Balaban J connectivity index is 2.50. The maximum atomic E-state index is 11.3. The molecule has 0 radical (unpaired) electrons. The number of sulfone groups is 1. The third-order valence-corrected chi connectivity index (χ3v) is 4.63. The van der Waals surface area contributed by atoms with Gasteiger partial charge >= 0.3 is 0 Å². The minimum atomic E-state index is -2.88. The molecular weight excluding hydrogens is 248 g/mol. The molecule has 0 atom stereocenters. The van der Waals surface area contributed by atoms with Crippen LogP contribution in [0.4, 0.5) is 0 Å². The van der Waals surface area contributed by atoms with Crippen molar-refractivity contribution in [2.45, 2.75) is 33.1 Å². The highest BCUT2D eigenvalue weighted by Crippen LogP contribution is 2.25. The maximum absolute atomic E-state index is 11.3. The Morgan fingerprint density at radius 3 is 2.50 bits per heavy atom. The fourth-order valence-corrected chi connectivity index (χ4v) is 2.54. The van der Waals surface area contributed by atoms with Gasteiger partial charge in [0.1, 0.15) is 15.6 Å². The minimum absolute atomic E-state index is 0.202. The molecule has 0 N–H and O–H groups in total. The zero-order chi connectivity index (χ0) is 13.6. The summed E-state index contributed by atoms with van der Waals surface area (Å²) in [5, 5.41) is 0. The molecule has 3 nitrogen and oxygen atoms in total. The summed E-state index contributed by atoms with van der Waals surface area (Å²) >= 11 is 0. The molecule has 0 spiro atoms. The molecule has 1 aromatic rings. The standard InChI is InChI=1S/C14H22O3S/c1-4-18(15,16)11-7-10-17-14-9-6-5-8-13(14)12(2)3/h5-6,8-9,12H,4,7,10-11H2,1-3H3. The number of para-hydroxylation sites is 1. The van der Waals surface area contributed by atoms with Gasteiger partial charge in [-0.25, -0.2) is 8.42 Å². The van der Waals surface area contributed by atoms with Crippen LogP contribution in [0.2, 0.25) is 0 Å². The van der Waals surface area contributed by atoms with Gasteiger partial charge < -0.3 is 4.74 Å². The Hall–Kier alpha value is -1.03. The smallest absolute Gasteiger partial charge is 0.150 e. The van der Waals surface area contributed by atoms with Crippen molar-refractivity contribution in [1.82, 2.24) is 0 Å². The van der Waals surface area contributed by atoms with Crippen molar-refractivity contribution in [2.24, 2.45) is 0 Å². The Kier molecular flexibility index (Phi) is 5.66. The Labute approximate surface area is 110 Å². The van der Waals surface area contributed by atoms with Crippen molar-refractivity contribution < 1.29 is 13.2 Å². The van der Waals surface area contributed by atoms with Crippen LogP contribution in [0.5, 0.6) is 5.75 Å². The highest BCUT2D eigenvalue weighted by atomic mass is 32.2. The number of hydrogen-bond acceptors (Lipinski definition) is 3. The predicted octanol–water partition coefficient (Wildman–Crippen LogP) is 3.01. The molecule has 0 unspecified atom stereocenters. The lowest BCUT2D eigenvalue weighted by Crippen LogP contribution is -2.12. The van der Waals surface area contributed by atoms with Gasteiger partial charge in [0, 0.05) is 5.75 Å². The van der Waals surface area contributed by atoms with E-state index in [0.29, 0.717) is 18.9 Å². The van der Waals surface area contributed by atoms with Gasteiger partial charge in [0.25, 0.3) is 0 Å². The van der Waals surface area contributed by atoms with Crippen molar-refractivity contribution >= 4 is 9.84 Å². The monoisotopic (exact) mass is 270 g/mol. The molecule has 0 amide bonds. The number of rotatable bonds is 7. The van der Waals surface area contributed by atoms with E-state index >= 15 is 0 Å². The van der Waals surface area contributed by atoms with Crippen LogP contribution in [0.1, 0.15) is 38.7 Å². The molecule has 0 heterocycles. The third kappa shape index (κ3) is 4.69. The van der Waals surface area contributed by atoms with E-state index < -0.39 is 9.84 Å². The van der Waals surface area contributed by atoms with E-state index in [1.165, 1.54) is 0 Å². The first-order chi connectivity index (χ1) is 8.46. The molecule has 0 bridgehead atoms. The summed E-state index contributed by atoms with van der Waals surface area (Å²) in [6.07, 6.45) is 0.544. The first-order valence-corrected chi connectivity index (χ1v) is 8.20. The first kappa shape index (κ1) is 15.0. The fourth-order valence-electron chi connectivity index (χ4n) is 1.69. The molecular formula is C14H22O3S. The molecule has 1 aromatic carbocycles. The average molecular weight is 270 g/mol. The van der Waals surface area contributed by atoms with Crippen LogP contribution in [0.3, 0.4) is 0 Å². The molecule has 0 saturated carbocycles. The lowest BCUT2D eigenvalue weighted by atomic mass is 10.0. The predicted molar refractivity (Wildman–Crippen MR) is 75.0 cm³/mol. The molecule has 0 aliphatic carbocycles. The van der Waals surface area contributed by atoms with Crippen molar-refractivity contribution in [3.05, 3.63) is 29.8 Å². The van der Waals surface area contributed by atoms with Crippen LogP contribution < -0.4 is 4.74 Å². The van der Waals surface area contributed by atoms with Gasteiger partial charge in [0.05, 0.1) is 12.4 Å². The zero-order valence-electron chi connectivity index (χ0n) is 11.3. The van der Waals surface area contributed by atoms with E-state index in [1.54, 1.807) is 6.92 Å². The third-order valence-electron chi connectivity index (χ3n) is 2.84. The van der Waals surface area contributed by atoms with E-state index in [0.717, 1.165) is 11.3 Å². The molecule has 0 aromatic heterocycles. The second kappa shape index (κ2) is 6.78. The van der Waals surface area contributed by atoms with Crippen molar-refractivity contribution in [2.75, 3.05) is 18.1 Å². The van der Waals surface area contributed by atoms with Crippen LogP contribution in [0.25, 0.3) is 0 Å². The summed E-state index contributed by atoms with van der Waals surface area (Å²) in [5.41, 5.74) is 1.16. The number of hydrogen-bond donors (Lipinski definition) is 0. The average Bonchev–Trinajstić information content (AvgIpc) is 2.35. The quantitative estimate of drug-likeness (QED) is 0.715. The second-order valence-electron chi connectivity index (χ2n) is 4.63. The molecule has 4 heteroatoms. The summed E-state index contributed by atoms with van der Waals surface area (Å²) in [6, 6.07) is 7.90. The van der Waals surface area contributed by atoms with Gasteiger partial charge in [-0.05, 0) is 24.0 Å². The van der Waals surface area contributed by atoms with Gasteiger partial charge in [0.2, 0.25) is 0 Å². The topological polar surface area (TPSA) is 43.4 Å². The van der Waals surface area contributed by atoms with E-state index in [-0.39, 0.29) is 11.5 Å². The van der Waals surface area contributed by atoms with E-state index in [9.17, 15) is 8.42 Å². The van der Waals surface area contributed by atoms with Gasteiger partial charge in [-0.2, -0.15) is 0 Å². The van der Waals surface area contributed by atoms with Gasteiger partial charge in [-0.3, -0.25) is 0 Å². The zero-order valence-corrected chi connectivity index (χ0v) is 12.2. The molecule has 18 heavy (non-hydrogen) atoms. The van der Waals surface area contributed by atoms with E-state index in [2.05, 4.69) is 13.8 Å². The lowest BCUT2D eigenvalue weighted by Gasteiger charge is -2.13. The molecule has 0 fully saturated rings. The maximum Gasteiger partial charge on any atom is 0.150 e. The van der Waals surface area contributed by atoms with Gasteiger partial charge in [0.15, 0.2) is 0 Å². The SMILES string of the molecule is CCS(=O)(=O)CCCOc1ccccc1C(C)C. The fraction of sp³-hybridized carbons (Fsp3) is 0.571. The number of ether oxygens (including phenoxy) is 1. The molecule has 0 aliphatic rings. The Bertz CT molecular complexity index is 464. The first-order valence-electron chi connectivity index (χ1n) is 6.38. The highest BCUT2D eigenvalue weighted by Gasteiger charge is 2.09. The second-order valence-corrected chi connectivity index (χ2v) is 7.10. The lowest BCUT2D eigenvalue weighted by molar-refractivity contribution is 0.313.